The van der Waals surface area contributed by atoms with Crippen LogP contribution in [0.4, 0.5) is 5.82 Å². The summed E-state index contributed by atoms with van der Waals surface area (Å²) in [4.78, 5) is 29.1. The van der Waals surface area contributed by atoms with Crippen LogP contribution in [0, 0.1) is 0 Å². The van der Waals surface area contributed by atoms with Gasteiger partial charge in [0.05, 0.1) is 5.69 Å². The van der Waals surface area contributed by atoms with Crippen molar-refractivity contribution in [1.29, 1.82) is 0 Å². The van der Waals surface area contributed by atoms with Crippen LogP contribution in [0.3, 0.4) is 0 Å². The lowest BCUT2D eigenvalue weighted by Crippen LogP contribution is -2.31. The Hall–Kier alpha value is -2.60. The molecule has 1 aliphatic carbocycles. The number of aromatic nitrogens is 2. The Morgan fingerprint density at radius 3 is 2.65 bits per heavy atom. The fourth-order valence-electron chi connectivity index (χ4n) is 4.00. The summed E-state index contributed by atoms with van der Waals surface area (Å²) < 4.78 is 1.33. The van der Waals surface area contributed by atoms with Gasteiger partial charge in [0.2, 0.25) is 0 Å². The first kappa shape index (κ1) is 16.8. The van der Waals surface area contributed by atoms with Gasteiger partial charge in [-0.05, 0) is 24.8 Å². The van der Waals surface area contributed by atoms with E-state index < -0.39 is 23.0 Å². The molecule has 0 saturated carbocycles. The third kappa shape index (κ3) is 2.61. The highest BCUT2D eigenvalue weighted by Gasteiger charge is 2.49. The molecule has 134 valence electrons. The first-order valence-corrected chi connectivity index (χ1v) is 8.88. The number of nitrogens with zero attached hydrogens (tertiary/aromatic N) is 2. The highest BCUT2D eigenvalue weighted by molar-refractivity contribution is 6.30. The molecule has 4 rings (SSSR count). The molecule has 0 fully saturated rings. The molecule has 6 nitrogen and oxygen atoms in total. The van der Waals surface area contributed by atoms with Crippen molar-refractivity contribution in [3.8, 4) is 0 Å². The summed E-state index contributed by atoms with van der Waals surface area (Å²) in [5.41, 5.74) is 0.662. The number of halogens is 1. The molecule has 2 aliphatic rings. The summed E-state index contributed by atoms with van der Waals surface area (Å²) in [5, 5.41) is 12.9. The van der Waals surface area contributed by atoms with Crippen LogP contribution >= 0.6 is 11.6 Å². The lowest BCUT2D eigenvalue weighted by molar-refractivity contribution is -0.141. The van der Waals surface area contributed by atoms with E-state index in [2.05, 4.69) is 10.3 Å². The molecule has 2 N–H and O–H groups in total. The molecule has 0 radical (unpaired) electrons. The van der Waals surface area contributed by atoms with Crippen LogP contribution in [0.25, 0.3) is 0 Å². The Morgan fingerprint density at radius 1 is 1.31 bits per heavy atom. The number of rotatable bonds is 4. The molecule has 1 spiro atoms. The molecule has 1 aromatic heterocycles. The van der Waals surface area contributed by atoms with E-state index in [1.165, 1.54) is 4.57 Å². The minimum absolute atomic E-state index is 0.0804. The number of fused-ring (bicyclic) bond motifs is 2. The zero-order valence-corrected chi connectivity index (χ0v) is 14.7. The number of carboxylic acids is 1. The summed E-state index contributed by atoms with van der Waals surface area (Å²) in [6, 6.07) is 8.66. The van der Waals surface area contributed by atoms with Crippen molar-refractivity contribution in [2.45, 2.75) is 37.3 Å². The van der Waals surface area contributed by atoms with Crippen LogP contribution < -0.4 is 10.9 Å². The molecule has 0 bridgehead atoms. The first-order chi connectivity index (χ1) is 12.5. The lowest BCUT2D eigenvalue weighted by atomic mass is 9.80. The van der Waals surface area contributed by atoms with Gasteiger partial charge in [0.15, 0.2) is 11.0 Å². The molecule has 0 saturated heterocycles. The second-order valence-electron chi connectivity index (χ2n) is 6.83. The number of carbonyl (C=O) groups is 1. The predicted octanol–water partition coefficient (Wildman–Crippen LogP) is 3.13. The van der Waals surface area contributed by atoms with Crippen molar-refractivity contribution in [3.05, 3.63) is 69.2 Å². The van der Waals surface area contributed by atoms with E-state index in [-0.39, 0.29) is 11.0 Å². The highest BCUT2D eigenvalue weighted by Crippen LogP contribution is 2.50. The zero-order chi connectivity index (χ0) is 18.3. The van der Waals surface area contributed by atoms with Gasteiger partial charge < -0.3 is 10.4 Å². The molecule has 1 aromatic carbocycles. The Balaban J connectivity index is 1.76. The van der Waals surface area contributed by atoms with Crippen molar-refractivity contribution in [1.82, 2.24) is 9.55 Å². The molecule has 7 heteroatoms. The molecule has 0 amide bonds. The molecule has 26 heavy (non-hydrogen) atoms. The molecule has 0 unspecified atom stereocenters. The Kier molecular flexibility index (Phi) is 4.07. The Bertz CT molecular complexity index is 944. The monoisotopic (exact) mass is 371 g/mol. The van der Waals surface area contributed by atoms with Crippen LogP contribution in [0.5, 0.6) is 0 Å². The summed E-state index contributed by atoms with van der Waals surface area (Å²) in [6.07, 6.45) is 5.73. The van der Waals surface area contributed by atoms with E-state index in [1.54, 1.807) is 0 Å². The van der Waals surface area contributed by atoms with Gasteiger partial charge in [-0.1, -0.05) is 54.1 Å². The fourth-order valence-corrected chi connectivity index (χ4v) is 4.38. The SMILES string of the molecule is O=C(O)[C@@H]1CC2(CC=CC2)c2c(Cl)nc(NCc3ccccc3)c(=O)n21. The fraction of sp³-hybridized carbons (Fsp3) is 0.316. The van der Waals surface area contributed by atoms with E-state index in [0.29, 0.717) is 31.5 Å². The van der Waals surface area contributed by atoms with Crippen LogP contribution in [-0.4, -0.2) is 20.6 Å². The van der Waals surface area contributed by atoms with Gasteiger partial charge in [0.1, 0.15) is 6.04 Å². The van der Waals surface area contributed by atoms with E-state index in [1.807, 2.05) is 42.5 Å². The maximum atomic E-state index is 13.0. The van der Waals surface area contributed by atoms with E-state index in [4.69, 9.17) is 11.6 Å². The number of anilines is 1. The summed E-state index contributed by atoms with van der Waals surface area (Å²) in [5.74, 6) is -0.940. The van der Waals surface area contributed by atoms with Crippen molar-refractivity contribution >= 4 is 23.4 Å². The first-order valence-electron chi connectivity index (χ1n) is 8.50. The number of carboxylic acid groups (broad SMARTS) is 1. The minimum atomic E-state index is -1.02. The maximum Gasteiger partial charge on any atom is 0.326 e. The van der Waals surface area contributed by atoms with Gasteiger partial charge >= 0.3 is 5.97 Å². The second kappa shape index (κ2) is 6.29. The third-order valence-corrected chi connectivity index (χ3v) is 5.50. The van der Waals surface area contributed by atoms with Crippen molar-refractivity contribution in [2.24, 2.45) is 0 Å². The highest BCUT2D eigenvalue weighted by atomic mass is 35.5. The molecule has 2 heterocycles. The largest absolute Gasteiger partial charge is 0.480 e. The van der Waals surface area contributed by atoms with Gasteiger partial charge in [-0.15, -0.1) is 0 Å². The predicted molar refractivity (Wildman–Crippen MR) is 98.6 cm³/mol. The molecule has 1 atom stereocenters. The van der Waals surface area contributed by atoms with Crippen molar-refractivity contribution in [3.63, 3.8) is 0 Å². The minimum Gasteiger partial charge on any atom is -0.480 e. The average Bonchev–Trinajstić information content (AvgIpc) is 3.24. The smallest absolute Gasteiger partial charge is 0.326 e. The van der Waals surface area contributed by atoms with E-state index in [9.17, 15) is 14.7 Å². The number of aliphatic carboxylic acids is 1. The average molecular weight is 372 g/mol. The number of hydrogen-bond donors (Lipinski definition) is 2. The molecular formula is C19H18ClN3O3. The summed E-state index contributed by atoms with van der Waals surface area (Å²) in [7, 11) is 0. The molecular weight excluding hydrogens is 354 g/mol. The molecule has 2 aromatic rings. The Morgan fingerprint density at radius 2 is 2.00 bits per heavy atom. The van der Waals surface area contributed by atoms with Gasteiger partial charge in [-0.25, -0.2) is 9.78 Å². The van der Waals surface area contributed by atoms with Crippen molar-refractivity contribution in [2.75, 3.05) is 5.32 Å². The van der Waals surface area contributed by atoms with Gasteiger partial charge in [-0.2, -0.15) is 0 Å². The number of nitrogens with one attached hydrogen (secondary N) is 1. The normalized spacial score (nSPS) is 19.7. The summed E-state index contributed by atoms with van der Waals surface area (Å²) >= 11 is 6.44. The zero-order valence-electron chi connectivity index (χ0n) is 14.0. The van der Waals surface area contributed by atoms with Gasteiger partial charge in [0, 0.05) is 12.0 Å². The van der Waals surface area contributed by atoms with Gasteiger partial charge in [0.25, 0.3) is 5.56 Å². The third-order valence-electron chi connectivity index (χ3n) is 5.24. The number of allylic oxidation sites excluding steroid dienone is 2. The number of benzene rings is 1. The van der Waals surface area contributed by atoms with Crippen LogP contribution in [0.15, 0.2) is 47.3 Å². The quantitative estimate of drug-likeness (QED) is 0.807. The Labute approximate surface area is 155 Å². The summed E-state index contributed by atoms with van der Waals surface area (Å²) in [6.45, 7) is 0.406. The van der Waals surface area contributed by atoms with Crippen molar-refractivity contribution < 1.29 is 9.90 Å². The van der Waals surface area contributed by atoms with Crippen LogP contribution in [-0.2, 0) is 16.8 Å². The standard InChI is InChI=1S/C19H18ClN3O3/c20-15-14-19(8-4-5-9-19)10-13(18(25)26)23(14)17(24)16(22-15)21-11-12-6-2-1-3-7-12/h1-7,13H,8-11H2,(H,21,22)(H,25,26)/t13-/m0/s1. The lowest BCUT2D eigenvalue weighted by Gasteiger charge is -2.23. The van der Waals surface area contributed by atoms with Crippen LogP contribution in [0.2, 0.25) is 5.15 Å². The van der Waals surface area contributed by atoms with Gasteiger partial charge in [-0.3, -0.25) is 9.36 Å². The number of hydrogen-bond acceptors (Lipinski definition) is 4. The van der Waals surface area contributed by atoms with E-state index in [0.717, 1.165) is 5.56 Å². The maximum absolute atomic E-state index is 13.0. The topological polar surface area (TPSA) is 84.2 Å². The van der Waals surface area contributed by atoms with E-state index >= 15 is 0 Å². The second-order valence-corrected chi connectivity index (χ2v) is 7.19. The van der Waals surface area contributed by atoms with Crippen LogP contribution in [0.1, 0.15) is 36.6 Å². The molecule has 1 aliphatic heterocycles.